The average Bonchev–Trinajstić information content (AvgIpc) is 3.29. The van der Waals surface area contributed by atoms with Gasteiger partial charge in [-0.3, -0.25) is 14.5 Å². The van der Waals surface area contributed by atoms with Crippen LogP contribution in [0, 0.1) is 6.92 Å². The first-order valence-corrected chi connectivity index (χ1v) is 9.63. The highest BCUT2D eigenvalue weighted by molar-refractivity contribution is 7.13. The molecule has 2 aromatic carbocycles. The highest BCUT2D eigenvalue weighted by atomic mass is 35.5. The Morgan fingerprint density at radius 3 is 2.57 bits per heavy atom. The van der Waals surface area contributed by atoms with Crippen LogP contribution in [0.15, 0.2) is 59.6 Å². The van der Waals surface area contributed by atoms with Crippen LogP contribution in [0.4, 0.5) is 5.13 Å². The maximum absolute atomic E-state index is 12.9. The van der Waals surface area contributed by atoms with Gasteiger partial charge in [0.2, 0.25) is 5.13 Å². The summed E-state index contributed by atoms with van der Waals surface area (Å²) in [5.74, 6) is -1.79. The van der Waals surface area contributed by atoms with Crippen molar-refractivity contribution in [3.63, 3.8) is 0 Å². The normalized spacial score (nSPS) is 18.6. The van der Waals surface area contributed by atoms with Crippen molar-refractivity contribution < 1.29 is 14.7 Å². The van der Waals surface area contributed by atoms with Gasteiger partial charge in [-0.15, -0.1) is 10.2 Å². The molecule has 3 aromatic rings. The second-order valence-corrected chi connectivity index (χ2v) is 7.56. The van der Waals surface area contributed by atoms with Crippen LogP contribution in [-0.2, 0) is 9.59 Å². The van der Waals surface area contributed by atoms with Crippen molar-refractivity contribution in [3.8, 4) is 0 Å². The smallest absolute Gasteiger partial charge is 0.301 e. The number of aromatic nitrogens is 2. The fourth-order valence-corrected chi connectivity index (χ4v) is 3.94. The number of carbonyl (C=O) groups excluding carboxylic acids is 2. The lowest BCUT2D eigenvalue weighted by Crippen LogP contribution is -2.29. The molecule has 1 amide bonds. The number of aryl methyl sites for hydroxylation is 1. The fraction of sp³-hybridized carbons (Fsp3) is 0.100. The minimum Gasteiger partial charge on any atom is -0.507 e. The molecule has 1 atom stereocenters. The Bertz CT molecular complexity index is 1090. The third-order valence-corrected chi connectivity index (χ3v) is 5.41. The summed E-state index contributed by atoms with van der Waals surface area (Å²) in [5.41, 5.74) is 3.52. The maximum Gasteiger partial charge on any atom is 0.301 e. The van der Waals surface area contributed by atoms with Crippen molar-refractivity contribution in [2.24, 2.45) is 0 Å². The van der Waals surface area contributed by atoms with Gasteiger partial charge in [0.25, 0.3) is 5.78 Å². The highest BCUT2D eigenvalue weighted by Crippen LogP contribution is 2.42. The van der Waals surface area contributed by atoms with Crippen molar-refractivity contribution in [3.05, 3.63) is 81.3 Å². The first-order valence-electron chi connectivity index (χ1n) is 8.37. The molecular weight excluding hydrogens is 398 g/mol. The zero-order valence-electron chi connectivity index (χ0n) is 14.7. The lowest BCUT2D eigenvalue weighted by Gasteiger charge is -2.22. The van der Waals surface area contributed by atoms with Gasteiger partial charge in [0.05, 0.1) is 11.6 Å². The number of nitrogens with zero attached hydrogens (tertiary/aromatic N) is 3. The van der Waals surface area contributed by atoms with Gasteiger partial charge >= 0.3 is 5.91 Å². The van der Waals surface area contributed by atoms with Crippen LogP contribution in [0.3, 0.4) is 0 Å². The number of aliphatic hydroxyl groups is 1. The molecule has 140 valence electrons. The zero-order chi connectivity index (χ0) is 19.8. The number of ketones is 1. The van der Waals surface area contributed by atoms with E-state index >= 15 is 0 Å². The maximum atomic E-state index is 12.9. The topological polar surface area (TPSA) is 83.4 Å². The van der Waals surface area contributed by atoms with Crippen molar-refractivity contribution in [2.75, 3.05) is 4.90 Å². The summed E-state index contributed by atoms with van der Waals surface area (Å²) in [5, 5.41) is 19.4. The Morgan fingerprint density at radius 2 is 1.93 bits per heavy atom. The molecular formula is C20H14ClN3O3S. The van der Waals surface area contributed by atoms with Crippen molar-refractivity contribution in [1.29, 1.82) is 0 Å². The largest absolute Gasteiger partial charge is 0.507 e. The Hall–Kier alpha value is -3.03. The molecule has 1 aliphatic heterocycles. The Morgan fingerprint density at radius 1 is 1.18 bits per heavy atom. The minimum absolute atomic E-state index is 0.00804. The van der Waals surface area contributed by atoms with Gasteiger partial charge in [-0.05, 0) is 24.6 Å². The number of halogens is 1. The summed E-state index contributed by atoms with van der Waals surface area (Å²) in [6.07, 6.45) is 0. The molecule has 1 saturated heterocycles. The molecule has 0 spiro atoms. The fourth-order valence-electron chi connectivity index (χ4n) is 3.16. The summed E-state index contributed by atoms with van der Waals surface area (Å²) >= 11 is 7.27. The van der Waals surface area contributed by atoms with Crippen molar-refractivity contribution >= 4 is 45.5 Å². The van der Waals surface area contributed by atoms with E-state index in [4.69, 9.17) is 11.6 Å². The number of carbonyl (C=O) groups is 2. The quantitative estimate of drug-likeness (QED) is 0.398. The number of hydrogen-bond donors (Lipinski definition) is 1. The van der Waals surface area contributed by atoms with Gasteiger partial charge in [-0.25, -0.2) is 0 Å². The molecule has 1 aromatic heterocycles. The summed E-state index contributed by atoms with van der Waals surface area (Å²) in [4.78, 5) is 26.9. The summed E-state index contributed by atoms with van der Waals surface area (Å²) in [6.45, 7) is 1.92. The van der Waals surface area contributed by atoms with Gasteiger partial charge in [0.15, 0.2) is 0 Å². The molecule has 0 aliphatic carbocycles. The van der Waals surface area contributed by atoms with Gasteiger partial charge in [0.1, 0.15) is 11.3 Å². The van der Waals surface area contributed by atoms with E-state index in [2.05, 4.69) is 10.2 Å². The van der Waals surface area contributed by atoms with Crippen LogP contribution in [0.25, 0.3) is 5.76 Å². The van der Waals surface area contributed by atoms with E-state index in [9.17, 15) is 14.7 Å². The zero-order valence-corrected chi connectivity index (χ0v) is 16.2. The lowest BCUT2D eigenvalue weighted by atomic mass is 9.95. The second-order valence-electron chi connectivity index (χ2n) is 6.31. The highest BCUT2D eigenvalue weighted by Gasteiger charge is 2.48. The minimum atomic E-state index is -0.854. The Labute approximate surface area is 169 Å². The number of aliphatic hydroxyl groups excluding tert-OH is 1. The third-order valence-electron chi connectivity index (χ3n) is 4.49. The second kappa shape index (κ2) is 7.18. The van der Waals surface area contributed by atoms with E-state index in [1.807, 2.05) is 19.1 Å². The van der Waals surface area contributed by atoms with E-state index in [0.29, 0.717) is 16.1 Å². The van der Waals surface area contributed by atoms with Crippen LogP contribution in [0.1, 0.15) is 22.7 Å². The van der Waals surface area contributed by atoms with E-state index in [0.717, 1.165) is 16.9 Å². The molecule has 1 fully saturated rings. The summed E-state index contributed by atoms with van der Waals surface area (Å²) in [7, 11) is 0. The molecule has 28 heavy (non-hydrogen) atoms. The van der Waals surface area contributed by atoms with Gasteiger partial charge in [-0.2, -0.15) is 0 Å². The molecule has 0 bridgehead atoms. The van der Waals surface area contributed by atoms with Crippen molar-refractivity contribution in [1.82, 2.24) is 10.2 Å². The number of benzene rings is 2. The van der Waals surface area contributed by atoms with Gasteiger partial charge in [-0.1, -0.05) is 64.9 Å². The molecule has 0 radical (unpaired) electrons. The number of anilines is 1. The van der Waals surface area contributed by atoms with Gasteiger partial charge < -0.3 is 5.11 Å². The molecule has 1 aliphatic rings. The molecule has 6 nitrogen and oxygen atoms in total. The molecule has 2 heterocycles. The SMILES string of the molecule is Cc1ccc(/C(O)=C2\C(=O)C(=O)N(c3nncs3)C2c2cccc(Cl)c2)cc1. The molecule has 1 unspecified atom stereocenters. The predicted molar refractivity (Wildman–Crippen MR) is 107 cm³/mol. The number of amides is 1. The first kappa shape index (κ1) is 18.3. The van der Waals surface area contributed by atoms with Crippen molar-refractivity contribution in [2.45, 2.75) is 13.0 Å². The van der Waals surface area contributed by atoms with Gasteiger partial charge in [0, 0.05) is 10.6 Å². The van der Waals surface area contributed by atoms with Crippen LogP contribution >= 0.6 is 22.9 Å². The number of Topliss-reactive ketones (excluding diaryl/α,β-unsaturated/α-hetero) is 1. The molecule has 4 rings (SSSR count). The standard InChI is InChI=1S/C20H14ClN3O3S/c1-11-5-7-12(8-6-11)17(25)15-16(13-3-2-4-14(21)9-13)24(19(27)18(15)26)20-23-22-10-28-20/h2-10,16,25H,1H3/b17-15+. The predicted octanol–water partition coefficient (Wildman–Crippen LogP) is 4.13. The van der Waals surface area contributed by atoms with E-state index in [1.165, 1.54) is 10.4 Å². The van der Waals surface area contributed by atoms with Crippen LogP contribution in [-0.4, -0.2) is 27.0 Å². The first-order chi connectivity index (χ1) is 13.5. The Balaban J connectivity index is 1.95. The number of hydrogen-bond acceptors (Lipinski definition) is 6. The number of rotatable bonds is 3. The molecule has 1 N–H and O–H groups in total. The lowest BCUT2D eigenvalue weighted by molar-refractivity contribution is -0.132. The summed E-state index contributed by atoms with van der Waals surface area (Å²) in [6, 6.07) is 13.0. The monoisotopic (exact) mass is 411 g/mol. The van der Waals surface area contributed by atoms with Crippen LogP contribution < -0.4 is 4.90 Å². The van der Waals surface area contributed by atoms with Crippen LogP contribution in [0.2, 0.25) is 5.02 Å². The Kier molecular flexibility index (Phi) is 4.70. The molecule has 8 heteroatoms. The molecule has 0 saturated carbocycles. The van der Waals surface area contributed by atoms with E-state index in [1.54, 1.807) is 36.4 Å². The third kappa shape index (κ3) is 3.08. The van der Waals surface area contributed by atoms with E-state index in [-0.39, 0.29) is 16.5 Å². The summed E-state index contributed by atoms with van der Waals surface area (Å²) < 4.78 is 0. The van der Waals surface area contributed by atoms with Crippen LogP contribution in [0.5, 0.6) is 0 Å². The van der Waals surface area contributed by atoms with E-state index < -0.39 is 17.7 Å². The average molecular weight is 412 g/mol.